The molecule has 0 aliphatic carbocycles. The van der Waals surface area contributed by atoms with Crippen LogP contribution in [0.1, 0.15) is 18.3 Å². The van der Waals surface area contributed by atoms with E-state index >= 15 is 0 Å². The van der Waals surface area contributed by atoms with E-state index in [9.17, 15) is 13.6 Å². The lowest BCUT2D eigenvalue weighted by Gasteiger charge is -2.12. The maximum atomic E-state index is 13.7. The molecule has 10 heteroatoms. The molecule has 164 valence electrons. The molecule has 3 rings (SSSR count). The molecule has 0 fully saturated rings. The van der Waals surface area contributed by atoms with Gasteiger partial charge in [-0.15, -0.1) is 10.2 Å². The molecule has 0 radical (unpaired) electrons. The predicted molar refractivity (Wildman–Crippen MR) is 113 cm³/mol. The van der Waals surface area contributed by atoms with Gasteiger partial charge in [0.15, 0.2) is 22.5 Å². The van der Waals surface area contributed by atoms with Crippen LogP contribution in [0.5, 0.6) is 11.5 Å². The van der Waals surface area contributed by atoms with E-state index in [1.165, 1.54) is 6.07 Å². The standard InChI is InChI=1S/C21H22F2N4O3S/c1-4-29-18-9-13(2)5-8-17(18)30-11-19-25-26-21(27(19)3)31-12-20(28)24-16-7-6-14(22)10-15(16)23/h5-10H,4,11-12H2,1-3H3,(H,24,28). The van der Waals surface area contributed by atoms with Crippen LogP contribution in [0.2, 0.25) is 0 Å². The molecule has 0 saturated heterocycles. The van der Waals surface area contributed by atoms with Crippen LogP contribution in [0.25, 0.3) is 0 Å². The molecule has 2 aromatic carbocycles. The first-order valence-corrected chi connectivity index (χ1v) is 10.5. The van der Waals surface area contributed by atoms with Crippen LogP contribution in [0, 0.1) is 18.6 Å². The Morgan fingerprint density at radius 2 is 1.94 bits per heavy atom. The molecule has 3 aromatic rings. The van der Waals surface area contributed by atoms with Crippen molar-refractivity contribution in [2.75, 3.05) is 17.7 Å². The molecule has 0 aliphatic heterocycles. The molecule has 1 amide bonds. The second-order valence-corrected chi connectivity index (χ2v) is 7.53. The normalized spacial score (nSPS) is 10.7. The van der Waals surface area contributed by atoms with E-state index in [1.807, 2.05) is 32.0 Å². The van der Waals surface area contributed by atoms with Crippen molar-refractivity contribution in [2.45, 2.75) is 25.6 Å². The Morgan fingerprint density at radius 1 is 1.13 bits per heavy atom. The van der Waals surface area contributed by atoms with Gasteiger partial charge in [0.25, 0.3) is 0 Å². The number of amides is 1. The number of carbonyl (C=O) groups is 1. The van der Waals surface area contributed by atoms with E-state index in [2.05, 4.69) is 15.5 Å². The Labute approximate surface area is 182 Å². The fraction of sp³-hybridized carbons (Fsp3) is 0.286. The lowest BCUT2D eigenvalue weighted by molar-refractivity contribution is -0.113. The summed E-state index contributed by atoms with van der Waals surface area (Å²) in [5.41, 5.74) is 0.981. The van der Waals surface area contributed by atoms with Crippen LogP contribution < -0.4 is 14.8 Å². The van der Waals surface area contributed by atoms with Crippen LogP contribution in [0.3, 0.4) is 0 Å². The molecule has 0 saturated carbocycles. The first-order chi connectivity index (χ1) is 14.9. The molecule has 0 atom stereocenters. The second-order valence-electron chi connectivity index (χ2n) is 6.59. The highest BCUT2D eigenvalue weighted by atomic mass is 32.2. The van der Waals surface area contributed by atoms with Crippen LogP contribution in [-0.4, -0.2) is 33.0 Å². The van der Waals surface area contributed by atoms with Gasteiger partial charge in [-0.1, -0.05) is 17.8 Å². The van der Waals surface area contributed by atoms with Gasteiger partial charge in [-0.05, 0) is 43.7 Å². The van der Waals surface area contributed by atoms with Gasteiger partial charge in [-0.25, -0.2) is 8.78 Å². The molecule has 0 spiro atoms. The van der Waals surface area contributed by atoms with Crippen molar-refractivity contribution in [3.05, 3.63) is 59.4 Å². The van der Waals surface area contributed by atoms with Crippen LogP contribution in [0.4, 0.5) is 14.5 Å². The van der Waals surface area contributed by atoms with Gasteiger partial charge >= 0.3 is 0 Å². The van der Waals surface area contributed by atoms with Crippen LogP contribution >= 0.6 is 11.8 Å². The van der Waals surface area contributed by atoms with E-state index in [4.69, 9.17) is 9.47 Å². The lowest BCUT2D eigenvalue weighted by atomic mass is 10.2. The molecule has 0 unspecified atom stereocenters. The Morgan fingerprint density at radius 3 is 2.68 bits per heavy atom. The summed E-state index contributed by atoms with van der Waals surface area (Å²) in [5, 5.41) is 11.1. The SMILES string of the molecule is CCOc1cc(C)ccc1OCc1nnc(SCC(=O)Nc2ccc(F)cc2F)n1C. The van der Waals surface area contributed by atoms with Gasteiger partial charge in [0.1, 0.15) is 18.2 Å². The van der Waals surface area contributed by atoms with E-state index in [0.29, 0.717) is 35.2 Å². The number of aryl methyl sites for hydroxylation is 1. The lowest BCUT2D eigenvalue weighted by Crippen LogP contribution is -2.15. The number of ether oxygens (including phenoxy) is 2. The molecular formula is C21H22F2N4O3S. The average Bonchev–Trinajstić information content (AvgIpc) is 3.08. The number of rotatable bonds is 9. The van der Waals surface area contributed by atoms with Gasteiger partial charge in [0.2, 0.25) is 5.91 Å². The minimum absolute atomic E-state index is 0.0178. The number of nitrogens with zero attached hydrogens (tertiary/aromatic N) is 3. The monoisotopic (exact) mass is 448 g/mol. The summed E-state index contributed by atoms with van der Waals surface area (Å²) >= 11 is 1.14. The van der Waals surface area contributed by atoms with Crippen molar-refractivity contribution < 1.29 is 23.0 Å². The van der Waals surface area contributed by atoms with E-state index in [-0.39, 0.29) is 18.0 Å². The van der Waals surface area contributed by atoms with Crippen molar-refractivity contribution in [1.82, 2.24) is 14.8 Å². The van der Waals surface area contributed by atoms with Crippen molar-refractivity contribution in [3.8, 4) is 11.5 Å². The number of thioether (sulfide) groups is 1. The highest BCUT2D eigenvalue weighted by Crippen LogP contribution is 2.29. The number of hydrogen-bond acceptors (Lipinski definition) is 6. The molecule has 1 heterocycles. The Kier molecular flexibility index (Phi) is 7.45. The Bertz CT molecular complexity index is 1070. The zero-order valence-electron chi connectivity index (χ0n) is 17.3. The zero-order valence-corrected chi connectivity index (χ0v) is 18.1. The number of aromatic nitrogens is 3. The number of anilines is 1. The number of carbonyl (C=O) groups excluding carboxylic acids is 1. The summed E-state index contributed by atoms with van der Waals surface area (Å²) in [4.78, 5) is 12.1. The van der Waals surface area contributed by atoms with Gasteiger partial charge in [-0.3, -0.25) is 4.79 Å². The quantitative estimate of drug-likeness (QED) is 0.497. The number of nitrogens with one attached hydrogen (secondary N) is 1. The second kappa shape index (κ2) is 10.3. The smallest absolute Gasteiger partial charge is 0.234 e. The van der Waals surface area contributed by atoms with Gasteiger partial charge in [0.05, 0.1) is 18.0 Å². The maximum Gasteiger partial charge on any atom is 0.234 e. The van der Waals surface area contributed by atoms with Crippen molar-refractivity contribution in [3.63, 3.8) is 0 Å². The summed E-state index contributed by atoms with van der Waals surface area (Å²) in [5.74, 6) is -0.185. The maximum absolute atomic E-state index is 13.7. The fourth-order valence-corrected chi connectivity index (χ4v) is 3.38. The molecule has 31 heavy (non-hydrogen) atoms. The molecule has 0 aliphatic rings. The molecular weight excluding hydrogens is 426 g/mol. The minimum atomic E-state index is -0.834. The summed E-state index contributed by atoms with van der Waals surface area (Å²) in [6.45, 7) is 4.56. The molecule has 1 aromatic heterocycles. The largest absolute Gasteiger partial charge is 0.490 e. The summed E-state index contributed by atoms with van der Waals surface area (Å²) in [7, 11) is 1.76. The fourth-order valence-electron chi connectivity index (χ4n) is 2.65. The first-order valence-electron chi connectivity index (χ1n) is 9.49. The number of benzene rings is 2. The summed E-state index contributed by atoms with van der Waals surface area (Å²) in [6, 6.07) is 8.63. The highest BCUT2D eigenvalue weighted by Gasteiger charge is 2.14. The molecule has 0 bridgehead atoms. The van der Waals surface area contributed by atoms with Gasteiger partial charge < -0.3 is 19.4 Å². The average molecular weight is 448 g/mol. The van der Waals surface area contributed by atoms with Crippen molar-refractivity contribution in [2.24, 2.45) is 7.05 Å². The van der Waals surface area contributed by atoms with E-state index in [1.54, 1.807) is 11.6 Å². The van der Waals surface area contributed by atoms with Crippen LogP contribution in [-0.2, 0) is 18.4 Å². The van der Waals surface area contributed by atoms with Gasteiger partial charge in [0, 0.05) is 13.1 Å². The van der Waals surface area contributed by atoms with Crippen LogP contribution in [0.15, 0.2) is 41.6 Å². The third-order valence-corrected chi connectivity index (χ3v) is 5.24. The van der Waals surface area contributed by atoms with E-state index < -0.39 is 17.5 Å². The Balaban J connectivity index is 1.57. The number of halogens is 2. The molecule has 1 N–H and O–H groups in total. The third kappa shape index (κ3) is 5.94. The summed E-state index contributed by atoms with van der Waals surface area (Å²) < 4.78 is 39.8. The van der Waals surface area contributed by atoms with Crippen molar-refractivity contribution >= 4 is 23.4 Å². The van der Waals surface area contributed by atoms with E-state index in [0.717, 1.165) is 23.4 Å². The predicted octanol–water partition coefficient (Wildman–Crippen LogP) is 4.11. The third-order valence-electron chi connectivity index (χ3n) is 4.22. The molecule has 7 nitrogen and oxygen atoms in total. The van der Waals surface area contributed by atoms with Gasteiger partial charge in [-0.2, -0.15) is 0 Å². The summed E-state index contributed by atoms with van der Waals surface area (Å²) in [6.07, 6.45) is 0. The highest BCUT2D eigenvalue weighted by molar-refractivity contribution is 7.99. The zero-order chi connectivity index (χ0) is 22.4. The first kappa shape index (κ1) is 22.5. The van der Waals surface area contributed by atoms with Crippen molar-refractivity contribution in [1.29, 1.82) is 0 Å². The minimum Gasteiger partial charge on any atom is -0.490 e. The Hall–Kier alpha value is -3.14. The topological polar surface area (TPSA) is 78.3 Å². The number of hydrogen-bond donors (Lipinski definition) is 1.